The van der Waals surface area contributed by atoms with Crippen LogP contribution in [0.3, 0.4) is 0 Å². The van der Waals surface area contributed by atoms with Crippen LogP contribution >= 0.6 is 11.6 Å². The van der Waals surface area contributed by atoms with E-state index in [2.05, 4.69) is 47.3 Å². The number of nitrogens with zero attached hydrogens (tertiary/aromatic N) is 5. The maximum Gasteiger partial charge on any atom is 0.490 e. The highest BCUT2D eigenvalue weighted by Gasteiger charge is 2.39. The molecule has 16 nitrogen and oxygen atoms in total. The molecule has 332 valence electrons. The van der Waals surface area contributed by atoms with Crippen LogP contribution in [0, 0.1) is 17.2 Å². The Labute approximate surface area is 348 Å². The van der Waals surface area contributed by atoms with Crippen molar-refractivity contribution in [3.63, 3.8) is 0 Å². The van der Waals surface area contributed by atoms with E-state index in [-0.39, 0.29) is 17.9 Å². The normalized spacial score (nSPS) is 15.6. The highest BCUT2D eigenvalue weighted by atomic mass is 35.5. The van der Waals surface area contributed by atoms with Crippen LogP contribution in [0.2, 0.25) is 5.02 Å². The van der Waals surface area contributed by atoms with Gasteiger partial charge in [0.2, 0.25) is 11.9 Å². The maximum absolute atomic E-state index is 13.3. The number of hydrogen-bond donors (Lipinski definition) is 7. The van der Waals surface area contributed by atoms with Crippen molar-refractivity contribution in [1.82, 2.24) is 25.3 Å². The van der Waals surface area contributed by atoms with E-state index >= 15 is 0 Å². The van der Waals surface area contributed by atoms with Crippen LogP contribution < -0.4 is 21.3 Å². The maximum atomic E-state index is 13.3. The van der Waals surface area contributed by atoms with Gasteiger partial charge in [-0.25, -0.2) is 19.4 Å². The molecule has 7 N–H and O–H groups in total. The summed E-state index contributed by atoms with van der Waals surface area (Å²) >= 11 is 6.38. The van der Waals surface area contributed by atoms with Crippen molar-refractivity contribution in [2.45, 2.75) is 56.7 Å². The Morgan fingerprint density at radius 3 is 2.06 bits per heavy atom. The quantitative estimate of drug-likeness (QED) is 0.0989. The minimum absolute atomic E-state index is 0.0339. The number of carbonyl (C=O) groups is 4. The number of aryl methyl sites for hydroxylation is 2. The summed E-state index contributed by atoms with van der Waals surface area (Å²) < 4.78 is 95.2. The lowest BCUT2D eigenvalue weighted by atomic mass is 9.87. The van der Waals surface area contributed by atoms with Crippen molar-refractivity contribution < 1.29 is 74.0 Å². The number of anilines is 5. The van der Waals surface area contributed by atoms with Crippen molar-refractivity contribution in [1.29, 1.82) is 5.26 Å². The van der Waals surface area contributed by atoms with Gasteiger partial charge in [-0.3, -0.25) is 14.8 Å². The number of carboxylic acids is 3. The van der Waals surface area contributed by atoms with Crippen LogP contribution in [0.4, 0.5) is 68.3 Å². The number of nitriles is 1. The second-order valence-electron chi connectivity index (χ2n) is 12.7. The van der Waals surface area contributed by atoms with Crippen molar-refractivity contribution in [2.75, 3.05) is 22.5 Å². The fraction of sp³-hybridized carbons (Fsp3) is 0.306. The SMILES string of the molecule is N#Cc1cccnc1C1CC(CC(=O)Nc2ccc3cc2CCc2cncc(c2)Nc2ncc(Cl)c(n2)N3)CCN1.O=C(O)C(F)(F)F.O=C(O)C(F)(F)F.O=C(O)C(F)(F)F. The number of halogens is 10. The molecule has 6 bridgehead atoms. The Hall–Kier alpha value is -6.81. The number of fused-ring (bicyclic) bond motifs is 6. The Bertz CT molecular complexity index is 2220. The summed E-state index contributed by atoms with van der Waals surface area (Å²) in [4.78, 5) is 57.6. The Balaban J connectivity index is 0.000000403. The number of hydrogen-bond acceptors (Lipinski definition) is 12. The van der Waals surface area contributed by atoms with Gasteiger partial charge in [0.15, 0.2) is 5.82 Å². The molecule has 1 fully saturated rings. The summed E-state index contributed by atoms with van der Waals surface area (Å²) in [7, 11) is 0. The van der Waals surface area contributed by atoms with Gasteiger partial charge in [0.25, 0.3) is 0 Å². The van der Waals surface area contributed by atoms with Gasteiger partial charge in [0.05, 0.1) is 35.4 Å². The van der Waals surface area contributed by atoms with Crippen LogP contribution in [-0.2, 0) is 32.0 Å². The molecule has 6 rings (SSSR count). The van der Waals surface area contributed by atoms with Crippen LogP contribution in [-0.4, -0.2) is 84.1 Å². The molecule has 26 heteroatoms. The van der Waals surface area contributed by atoms with Gasteiger partial charge in [-0.1, -0.05) is 11.6 Å². The molecule has 2 atom stereocenters. The van der Waals surface area contributed by atoms with E-state index < -0.39 is 36.4 Å². The Morgan fingerprint density at radius 2 is 1.47 bits per heavy atom. The molecule has 62 heavy (non-hydrogen) atoms. The summed E-state index contributed by atoms with van der Waals surface area (Å²) in [5, 5.41) is 44.4. The molecule has 3 aromatic heterocycles. The highest BCUT2D eigenvalue weighted by molar-refractivity contribution is 6.32. The fourth-order valence-electron chi connectivity index (χ4n) is 5.40. The third-order valence-electron chi connectivity index (χ3n) is 8.12. The Morgan fingerprint density at radius 1 is 0.839 bits per heavy atom. The summed E-state index contributed by atoms with van der Waals surface area (Å²) in [6.45, 7) is 0.769. The second-order valence-corrected chi connectivity index (χ2v) is 13.1. The standard InChI is InChI=1S/C30H28ClN9O.3C2HF3O2/c31-24-17-36-30-38-23-10-19(15-33-16-23)3-4-20-13-22(37-29(24)40-30)5-6-25(20)39-27(41)12-18-7-9-34-26(11-18)28-21(14-32)2-1-8-35-28;3*3-2(4,5)1(6)7/h1-2,5-6,8,10,13,15-18,26,34H,3-4,7,9,11-12H2,(H,39,41)(H2,36,37,38,40);3*(H,6,7). The lowest BCUT2D eigenvalue weighted by Crippen LogP contribution is -2.34. The minimum atomic E-state index is -5.08. The zero-order valence-corrected chi connectivity index (χ0v) is 31.9. The average molecular weight is 908 g/mol. The molecule has 0 saturated carbocycles. The molecule has 0 spiro atoms. The number of amides is 1. The van der Waals surface area contributed by atoms with E-state index in [4.69, 9.17) is 41.3 Å². The van der Waals surface area contributed by atoms with E-state index in [1.807, 2.05) is 30.5 Å². The first-order valence-corrected chi connectivity index (χ1v) is 17.7. The number of aromatic nitrogens is 4. The third-order valence-corrected chi connectivity index (χ3v) is 8.40. The van der Waals surface area contributed by atoms with Gasteiger partial charge in [0, 0.05) is 30.2 Å². The molecule has 0 radical (unpaired) electrons. The van der Waals surface area contributed by atoms with Gasteiger partial charge in [-0.05, 0) is 85.7 Å². The smallest absolute Gasteiger partial charge is 0.475 e. The van der Waals surface area contributed by atoms with Crippen LogP contribution in [0.15, 0.2) is 61.2 Å². The zero-order chi connectivity index (χ0) is 46.4. The number of nitrogens with one attached hydrogen (secondary N) is 4. The summed E-state index contributed by atoms with van der Waals surface area (Å²) in [6.07, 6.45) is -4.99. The predicted octanol–water partition coefficient (Wildman–Crippen LogP) is 7.35. The molecule has 5 heterocycles. The minimum Gasteiger partial charge on any atom is -0.475 e. The number of aliphatic carboxylic acids is 3. The molecule has 2 aliphatic rings. The molecule has 2 unspecified atom stereocenters. The summed E-state index contributed by atoms with van der Waals surface area (Å²) in [6, 6.07) is 13.6. The second kappa shape index (κ2) is 21.6. The largest absolute Gasteiger partial charge is 0.490 e. The van der Waals surface area contributed by atoms with Gasteiger partial charge in [-0.15, -0.1) is 0 Å². The highest BCUT2D eigenvalue weighted by Crippen LogP contribution is 2.32. The number of carbonyl (C=O) groups excluding carboxylic acids is 1. The molecule has 0 aliphatic carbocycles. The van der Waals surface area contributed by atoms with Gasteiger partial charge >= 0.3 is 36.4 Å². The van der Waals surface area contributed by atoms with Gasteiger partial charge in [0.1, 0.15) is 11.1 Å². The number of benzene rings is 1. The summed E-state index contributed by atoms with van der Waals surface area (Å²) in [5.41, 5.74) is 5.71. The number of pyridine rings is 2. The van der Waals surface area contributed by atoms with Crippen LogP contribution in [0.25, 0.3) is 0 Å². The average Bonchev–Trinajstić information content (AvgIpc) is 3.19. The first-order valence-electron chi connectivity index (χ1n) is 17.3. The Kier molecular flexibility index (Phi) is 17.3. The number of piperidine rings is 1. The molecule has 1 amide bonds. The van der Waals surface area contributed by atoms with Gasteiger partial charge < -0.3 is 36.6 Å². The summed E-state index contributed by atoms with van der Waals surface area (Å²) in [5.74, 6) is -7.24. The van der Waals surface area contributed by atoms with Crippen molar-refractivity contribution >= 4 is 64.2 Å². The van der Waals surface area contributed by atoms with Crippen LogP contribution in [0.5, 0.6) is 0 Å². The molecule has 1 aromatic carbocycles. The van der Waals surface area contributed by atoms with E-state index in [9.17, 15) is 49.6 Å². The first-order chi connectivity index (χ1) is 28.9. The topological polar surface area (TPSA) is 252 Å². The third kappa shape index (κ3) is 16.0. The first kappa shape index (κ1) is 49.6. The van der Waals surface area contributed by atoms with E-state index in [0.717, 1.165) is 59.7 Å². The van der Waals surface area contributed by atoms with Crippen molar-refractivity contribution in [3.05, 3.63) is 88.6 Å². The van der Waals surface area contributed by atoms with Crippen molar-refractivity contribution in [2.24, 2.45) is 5.92 Å². The van der Waals surface area contributed by atoms with Crippen molar-refractivity contribution in [3.8, 4) is 6.07 Å². The van der Waals surface area contributed by atoms with E-state index in [1.165, 1.54) is 0 Å². The van der Waals surface area contributed by atoms with E-state index in [0.29, 0.717) is 35.2 Å². The molecule has 2 aliphatic heterocycles. The fourth-order valence-corrected chi connectivity index (χ4v) is 5.53. The zero-order valence-electron chi connectivity index (χ0n) is 31.2. The molecular weight excluding hydrogens is 877 g/mol. The number of carboxylic acid groups (broad SMARTS) is 3. The lowest BCUT2D eigenvalue weighted by Gasteiger charge is -2.30. The molecule has 1 saturated heterocycles. The number of rotatable bonds is 4. The van der Waals surface area contributed by atoms with E-state index in [1.54, 1.807) is 30.7 Å². The molecular formula is C36H31ClF9N9O7. The predicted molar refractivity (Wildman–Crippen MR) is 198 cm³/mol. The number of alkyl halides is 9. The molecule has 4 aromatic rings. The van der Waals surface area contributed by atoms with Crippen LogP contribution in [0.1, 0.15) is 47.7 Å². The monoisotopic (exact) mass is 907 g/mol. The lowest BCUT2D eigenvalue weighted by molar-refractivity contribution is -0.193. The van der Waals surface area contributed by atoms with Gasteiger partial charge in [-0.2, -0.15) is 49.8 Å².